The first kappa shape index (κ1) is 13.3. The molecule has 2 rings (SSSR count). The third-order valence-corrected chi connectivity index (χ3v) is 4.03. The lowest BCUT2D eigenvalue weighted by Crippen LogP contribution is -2.56. The molecule has 0 spiro atoms. The summed E-state index contributed by atoms with van der Waals surface area (Å²) < 4.78 is 14.3. The molecule has 1 aromatic heterocycles. The molecule has 5 nitrogen and oxygen atoms in total. The van der Waals surface area contributed by atoms with Gasteiger partial charge in [0.05, 0.1) is 0 Å². The molecule has 0 atom stereocenters. The molecule has 1 aromatic rings. The van der Waals surface area contributed by atoms with Crippen LogP contribution >= 0.6 is 11.6 Å². The van der Waals surface area contributed by atoms with Gasteiger partial charge >= 0.3 is 5.69 Å². The number of aromatic nitrogens is 2. The van der Waals surface area contributed by atoms with Gasteiger partial charge in [0.1, 0.15) is 0 Å². The van der Waals surface area contributed by atoms with Gasteiger partial charge in [0.2, 0.25) is 5.82 Å². The number of likely N-dealkylation sites (N-methyl/N-ethyl adjacent to an activating group) is 1. The first-order valence-electron chi connectivity index (χ1n) is 5.73. The second-order valence-corrected chi connectivity index (χ2v) is 5.30. The molecule has 0 radical (unpaired) electrons. The lowest BCUT2D eigenvalue weighted by atomic mass is 9.75. The smallest absolute Gasteiger partial charge is 0.302 e. The fourth-order valence-corrected chi connectivity index (χ4v) is 2.45. The Morgan fingerprint density at radius 1 is 1.44 bits per heavy atom. The van der Waals surface area contributed by atoms with Crippen LogP contribution in [0.3, 0.4) is 0 Å². The normalized spacial score (nSPS) is 17.8. The minimum atomic E-state index is -1.11. The Bertz CT molecular complexity index is 575. The van der Waals surface area contributed by atoms with Crippen LogP contribution in [0.2, 0.25) is 5.15 Å². The van der Waals surface area contributed by atoms with Crippen LogP contribution in [0.4, 0.5) is 4.39 Å². The van der Waals surface area contributed by atoms with Gasteiger partial charge in [-0.25, -0.2) is 4.79 Å². The predicted octanol–water partition coefficient (Wildman–Crippen LogP) is 0.813. The highest BCUT2D eigenvalue weighted by atomic mass is 35.5. The van der Waals surface area contributed by atoms with E-state index in [1.54, 1.807) is 0 Å². The standard InChI is InChI=1S/C11H15ClFN3O2/c1-15(2)11(4-3-5-11)6-16-9(17)7(13)8(12)14-10(16)18/h3-6H2,1-2H3,(H,14,18). The monoisotopic (exact) mass is 275 g/mol. The Morgan fingerprint density at radius 2 is 2.06 bits per heavy atom. The molecular formula is C11H15ClFN3O2. The summed E-state index contributed by atoms with van der Waals surface area (Å²) in [4.78, 5) is 27.5. The van der Waals surface area contributed by atoms with Crippen LogP contribution in [-0.2, 0) is 6.54 Å². The van der Waals surface area contributed by atoms with Gasteiger partial charge < -0.3 is 4.90 Å². The van der Waals surface area contributed by atoms with Crippen LogP contribution in [0.25, 0.3) is 0 Å². The van der Waals surface area contributed by atoms with Crippen LogP contribution in [-0.4, -0.2) is 34.1 Å². The number of H-pyrrole nitrogens is 1. The van der Waals surface area contributed by atoms with Crippen LogP contribution < -0.4 is 11.2 Å². The van der Waals surface area contributed by atoms with Crippen molar-refractivity contribution in [1.29, 1.82) is 0 Å². The fraction of sp³-hybridized carbons (Fsp3) is 0.636. The number of hydrogen-bond acceptors (Lipinski definition) is 3. The maximum absolute atomic E-state index is 13.4. The van der Waals surface area contributed by atoms with E-state index in [0.29, 0.717) is 0 Å². The van der Waals surface area contributed by atoms with Gasteiger partial charge in [-0.15, -0.1) is 0 Å². The van der Waals surface area contributed by atoms with E-state index in [-0.39, 0.29) is 12.1 Å². The SMILES string of the molecule is CN(C)C1(Cn2c(=O)[nH]c(Cl)c(F)c2=O)CCC1. The summed E-state index contributed by atoms with van der Waals surface area (Å²) in [6, 6.07) is 0. The van der Waals surface area contributed by atoms with Crippen molar-refractivity contribution in [2.45, 2.75) is 31.3 Å². The average molecular weight is 276 g/mol. The van der Waals surface area contributed by atoms with E-state index in [2.05, 4.69) is 4.98 Å². The maximum Gasteiger partial charge on any atom is 0.329 e. The molecule has 0 unspecified atom stereocenters. The molecular weight excluding hydrogens is 261 g/mol. The molecule has 0 amide bonds. The Kier molecular flexibility index (Phi) is 3.33. The first-order chi connectivity index (χ1) is 8.37. The summed E-state index contributed by atoms with van der Waals surface area (Å²) in [5.41, 5.74) is -1.87. The summed E-state index contributed by atoms with van der Waals surface area (Å²) in [5, 5.41) is -0.534. The lowest BCUT2D eigenvalue weighted by Gasteiger charge is -2.47. The Labute approximate surface area is 108 Å². The van der Waals surface area contributed by atoms with Gasteiger partial charge in [-0.1, -0.05) is 11.6 Å². The second kappa shape index (κ2) is 4.51. The number of hydrogen-bond donors (Lipinski definition) is 1. The molecule has 1 saturated carbocycles. The number of nitrogens with one attached hydrogen (secondary N) is 1. The molecule has 1 N–H and O–H groups in total. The van der Waals surface area contributed by atoms with Crippen LogP contribution in [0, 0.1) is 5.82 Å². The van der Waals surface area contributed by atoms with Gasteiger partial charge in [0.15, 0.2) is 5.15 Å². The molecule has 1 heterocycles. The van der Waals surface area contributed by atoms with Crippen molar-refractivity contribution in [2.75, 3.05) is 14.1 Å². The molecule has 0 saturated heterocycles. The van der Waals surface area contributed by atoms with E-state index in [4.69, 9.17) is 11.6 Å². The first-order valence-corrected chi connectivity index (χ1v) is 6.11. The van der Waals surface area contributed by atoms with Crippen molar-refractivity contribution in [3.63, 3.8) is 0 Å². The average Bonchev–Trinajstić information content (AvgIpc) is 2.23. The number of halogens is 2. The molecule has 18 heavy (non-hydrogen) atoms. The molecule has 0 aromatic carbocycles. The Hall–Kier alpha value is -1.14. The minimum absolute atomic E-state index is 0.183. The Morgan fingerprint density at radius 3 is 2.50 bits per heavy atom. The summed E-state index contributed by atoms with van der Waals surface area (Å²) in [6.07, 6.45) is 2.81. The zero-order valence-corrected chi connectivity index (χ0v) is 11.1. The van der Waals surface area contributed by atoms with Crippen molar-refractivity contribution in [2.24, 2.45) is 0 Å². The fourth-order valence-electron chi connectivity index (χ4n) is 2.29. The zero-order chi connectivity index (χ0) is 13.5. The highest BCUT2D eigenvalue weighted by Crippen LogP contribution is 2.36. The largest absolute Gasteiger partial charge is 0.329 e. The van der Waals surface area contributed by atoms with Crippen LogP contribution in [0.5, 0.6) is 0 Å². The van der Waals surface area contributed by atoms with Gasteiger partial charge in [-0.3, -0.25) is 14.3 Å². The van der Waals surface area contributed by atoms with Crippen molar-refractivity contribution < 1.29 is 4.39 Å². The highest BCUT2D eigenvalue weighted by Gasteiger charge is 2.40. The van der Waals surface area contributed by atoms with E-state index in [0.717, 1.165) is 23.8 Å². The minimum Gasteiger partial charge on any atom is -0.302 e. The number of nitrogens with zero attached hydrogens (tertiary/aromatic N) is 2. The topological polar surface area (TPSA) is 58.1 Å². The third-order valence-electron chi connectivity index (χ3n) is 3.77. The molecule has 100 valence electrons. The summed E-state index contributed by atoms with van der Waals surface area (Å²) in [7, 11) is 3.79. The van der Waals surface area contributed by atoms with E-state index < -0.39 is 22.2 Å². The maximum atomic E-state index is 13.4. The molecule has 1 aliphatic carbocycles. The highest BCUT2D eigenvalue weighted by molar-refractivity contribution is 6.29. The van der Waals surface area contributed by atoms with E-state index in [1.165, 1.54) is 0 Å². The van der Waals surface area contributed by atoms with Gasteiger partial charge in [-0.2, -0.15) is 4.39 Å². The van der Waals surface area contributed by atoms with E-state index >= 15 is 0 Å². The zero-order valence-electron chi connectivity index (χ0n) is 10.3. The quantitative estimate of drug-likeness (QED) is 0.831. The van der Waals surface area contributed by atoms with Crippen molar-refractivity contribution >= 4 is 11.6 Å². The van der Waals surface area contributed by atoms with Gasteiger partial charge in [-0.05, 0) is 33.4 Å². The van der Waals surface area contributed by atoms with Gasteiger partial charge in [0, 0.05) is 12.1 Å². The number of aromatic amines is 1. The van der Waals surface area contributed by atoms with E-state index in [1.807, 2.05) is 19.0 Å². The molecule has 7 heteroatoms. The molecule has 0 bridgehead atoms. The van der Waals surface area contributed by atoms with Crippen molar-refractivity contribution in [3.05, 3.63) is 31.8 Å². The molecule has 1 fully saturated rings. The van der Waals surface area contributed by atoms with Crippen molar-refractivity contribution in [3.8, 4) is 0 Å². The third kappa shape index (κ3) is 1.99. The summed E-state index contributed by atoms with van der Waals surface area (Å²) in [6.45, 7) is 0.183. The summed E-state index contributed by atoms with van der Waals surface area (Å²) in [5.74, 6) is -1.11. The predicted molar refractivity (Wildman–Crippen MR) is 66.6 cm³/mol. The Balaban J connectivity index is 2.44. The summed E-state index contributed by atoms with van der Waals surface area (Å²) >= 11 is 5.42. The lowest BCUT2D eigenvalue weighted by molar-refractivity contribution is 0.0397. The van der Waals surface area contributed by atoms with Crippen molar-refractivity contribution in [1.82, 2.24) is 14.5 Å². The molecule has 0 aliphatic heterocycles. The molecule has 1 aliphatic rings. The van der Waals surface area contributed by atoms with Gasteiger partial charge in [0.25, 0.3) is 5.56 Å². The van der Waals surface area contributed by atoms with Crippen LogP contribution in [0.15, 0.2) is 9.59 Å². The van der Waals surface area contributed by atoms with Crippen LogP contribution in [0.1, 0.15) is 19.3 Å². The number of rotatable bonds is 3. The second-order valence-electron chi connectivity index (χ2n) is 4.92. The van der Waals surface area contributed by atoms with E-state index in [9.17, 15) is 14.0 Å².